The molecule has 1 amide bonds. The van der Waals surface area contributed by atoms with Gasteiger partial charge >= 0.3 is 0 Å². The van der Waals surface area contributed by atoms with Crippen molar-refractivity contribution in [3.63, 3.8) is 0 Å². The zero-order valence-corrected chi connectivity index (χ0v) is 10.7. The number of hydrogen-bond acceptors (Lipinski definition) is 3. The van der Waals surface area contributed by atoms with Gasteiger partial charge in [0.25, 0.3) is 0 Å². The fraction of sp³-hybridized carbons (Fsp3) is 0.923. The summed E-state index contributed by atoms with van der Waals surface area (Å²) in [6.45, 7) is 2.88. The molecular weight excluding hydrogens is 216 g/mol. The van der Waals surface area contributed by atoms with Gasteiger partial charge in [-0.25, -0.2) is 0 Å². The van der Waals surface area contributed by atoms with Gasteiger partial charge in [0.15, 0.2) is 0 Å². The number of nitrogens with two attached hydrogens (primary N) is 1. The lowest BCUT2D eigenvalue weighted by atomic mass is 9.88. The van der Waals surface area contributed by atoms with Gasteiger partial charge < -0.3 is 15.8 Å². The first-order valence-electron chi connectivity index (χ1n) is 6.78. The number of nitrogens with one attached hydrogen (secondary N) is 1. The zero-order valence-electron chi connectivity index (χ0n) is 10.7. The van der Waals surface area contributed by atoms with Gasteiger partial charge in [0.1, 0.15) is 0 Å². The van der Waals surface area contributed by atoms with Crippen LogP contribution < -0.4 is 11.1 Å². The van der Waals surface area contributed by atoms with Crippen LogP contribution in [0.15, 0.2) is 0 Å². The first kappa shape index (κ1) is 12.8. The van der Waals surface area contributed by atoms with E-state index in [1.54, 1.807) is 0 Å². The smallest absolute Gasteiger partial charge is 0.218 e. The topological polar surface area (TPSA) is 64.4 Å². The van der Waals surface area contributed by atoms with Crippen molar-refractivity contribution in [2.45, 2.75) is 69.6 Å². The van der Waals surface area contributed by atoms with Crippen LogP contribution in [0.1, 0.15) is 51.9 Å². The fourth-order valence-corrected chi connectivity index (χ4v) is 3.30. The second-order valence-electron chi connectivity index (χ2n) is 5.67. The van der Waals surface area contributed by atoms with E-state index in [2.05, 4.69) is 5.32 Å². The highest BCUT2D eigenvalue weighted by molar-refractivity contribution is 5.74. The lowest BCUT2D eigenvalue weighted by Gasteiger charge is -2.39. The molecule has 1 spiro atoms. The van der Waals surface area contributed by atoms with E-state index in [0.29, 0.717) is 12.5 Å². The maximum Gasteiger partial charge on any atom is 0.218 e. The molecular formula is C13H24N2O2. The maximum atomic E-state index is 10.9. The Morgan fingerprint density at radius 2 is 2.24 bits per heavy atom. The molecule has 2 rings (SSSR count). The molecule has 1 saturated carbocycles. The average molecular weight is 240 g/mol. The van der Waals surface area contributed by atoms with Crippen LogP contribution in [0.2, 0.25) is 0 Å². The van der Waals surface area contributed by atoms with E-state index in [4.69, 9.17) is 10.5 Å². The van der Waals surface area contributed by atoms with Crippen molar-refractivity contribution >= 4 is 5.91 Å². The predicted octanol–water partition coefficient (Wildman–Crippen LogP) is 1.33. The lowest BCUT2D eigenvalue weighted by Crippen LogP contribution is -2.48. The van der Waals surface area contributed by atoms with Crippen molar-refractivity contribution in [3.8, 4) is 0 Å². The summed E-state index contributed by atoms with van der Waals surface area (Å²) in [4.78, 5) is 10.9. The highest BCUT2D eigenvalue weighted by atomic mass is 16.5. The van der Waals surface area contributed by atoms with Crippen molar-refractivity contribution in [3.05, 3.63) is 0 Å². The fourth-order valence-electron chi connectivity index (χ4n) is 3.30. The van der Waals surface area contributed by atoms with Crippen molar-refractivity contribution in [1.29, 1.82) is 0 Å². The maximum absolute atomic E-state index is 10.9. The predicted molar refractivity (Wildman–Crippen MR) is 66.6 cm³/mol. The molecule has 17 heavy (non-hydrogen) atoms. The number of hydrogen-bond donors (Lipinski definition) is 2. The Labute approximate surface area is 103 Å². The molecule has 2 atom stereocenters. The normalized spacial score (nSPS) is 29.4. The van der Waals surface area contributed by atoms with Crippen molar-refractivity contribution in [2.75, 3.05) is 6.61 Å². The standard InChI is InChI=1S/C13H24N2O2/c1-10(8-12(14)16)15-11-4-7-17-13(9-11)5-2-3-6-13/h10-11,15H,2-9H2,1H3,(H2,14,16). The first-order valence-corrected chi connectivity index (χ1v) is 6.78. The van der Waals surface area contributed by atoms with E-state index in [0.717, 1.165) is 19.4 Å². The summed E-state index contributed by atoms with van der Waals surface area (Å²) in [5, 5.41) is 3.52. The average Bonchev–Trinajstić information content (AvgIpc) is 2.64. The number of primary amides is 1. The summed E-state index contributed by atoms with van der Waals surface area (Å²) < 4.78 is 5.99. The van der Waals surface area contributed by atoms with Crippen molar-refractivity contribution in [2.24, 2.45) is 5.73 Å². The Balaban J connectivity index is 1.83. The molecule has 4 heteroatoms. The number of ether oxygens (including phenoxy) is 1. The highest BCUT2D eigenvalue weighted by Gasteiger charge is 2.39. The summed E-state index contributed by atoms with van der Waals surface area (Å²) in [5.41, 5.74) is 5.35. The third-order valence-corrected chi connectivity index (χ3v) is 4.04. The molecule has 1 saturated heterocycles. The van der Waals surface area contributed by atoms with Crippen LogP contribution in [0.5, 0.6) is 0 Å². The molecule has 0 bridgehead atoms. The molecule has 0 radical (unpaired) electrons. The Hall–Kier alpha value is -0.610. The zero-order chi connectivity index (χ0) is 12.3. The molecule has 0 aromatic rings. The molecule has 1 aliphatic carbocycles. The third-order valence-electron chi connectivity index (χ3n) is 4.04. The monoisotopic (exact) mass is 240 g/mol. The largest absolute Gasteiger partial charge is 0.375 e. The summed E-state index contributed by atoms with van der Waals surface area (Å²) >= 11 is 0. The van der Waals surface area contributed by atoms with Crippen LogP contribution in [0.4, 0.5) is 0 Å². The summed E-state index contributed by atoms with van der Waals surface area (Å²) in [7, 11) is 0. The molecule has 0 aromatic carbocycles. The second kappa shape index (κ2) is 5.36. The third kappa shape index (κ3) is 3.42. The Morgan fingerprint density at radius 1 is 1.53 bits per heavy atom. The van der Waals surface area contributed by atoms with Crippen LogP contribution in [-0.4, -0.2) is 30.2 Å². The van der Waals surface area contributed by atoms with Gasteiger partial charge in [-0.1, -0.05) is 12.8 Å². The number of rotatable bonds is 4. The molecule has 3 N–H and O–H groups in total. The van der Waals surface area contributed by atoms with Crippen LogP contribution in [0, 0.1) is 0 Å². The van der Waals surface area contributed by atoms with Gasteiger partial charge in [-0.15, -0.1) is 0 Å². The minimum Gasteiger partial charge on any atom is -0.375 e. The first-order chi connectivity index (χ1) is 8.10. The number of carbonyl (C=O) groups is 1. The number of amides is 1. The highest BCUT2D eigenvalue weighted by Crippen LogP contribution is 2.40. The van der Waals surface area contributed by atoms with E-state index in [-0.39, 0.29) is 17.6 Å². The summed E-state index contributed by atoms with van der Waals surface area (Å²) in [5.74, 6) is -0.229. The van der Waals surface area contributed by atoms with Gasteiger partial charge in [-0.05, 0) is 32.6 Å². The molecule has 98 valence electrons. The van der Waals surface area contributed by atoms with Crippen molar-refractivity contribution < 1.29 is 9.53 Å². The SMILES string of the molecule is CC(CC(N)=O)NC1CCOC2(CCCC2)C1. The van der Waals surface area contributed by atoms with E-state index < -0.39 is 0 Å². The second-order valence-corrected chi connectivity index (χ2v) is 5.67. The molecule has 2 unspecified atom stereocenters. The summed E-state index contributed by atoms with van der Waals surface area (Å²) in [6, 6.07) is 0.658. The Morgan fingerprint density at radius 3 is 2.88 bits per heavy atom. The van der Waals surface area contributed by atoms with Gasteiger partial charge in [0.05, 0.1) is 5.60 Å². The minimum atomic E-state index is -0.229. The van der Waals surface area contributed by atoms with Gasteiger partial charge in [0.2, 0.25) is 5.91 Å². The number of carbonyl (C=O) groups excluding carboxylic acids is 1. The van der Waals surface area contributed by atoms with E-state index in [1.807, 2.05) is 6.92 Å². The van der Waals surface area contributed by atoms with Gasteiger partial charge in [0, 0.05) is 25.1 Å². The van der Waals surface area contributed by atoms with Crippen LogP contribution in [0.3, 0.4) is 0 Å². The molecule has 1 aliphatic heterocycles. The van der Waals surface area contributed by atoms with E-state index in [1.165, 1.54) is 25.7 Å². The molecule has 0 aromatic heterocycles. The van der Waals surface area contributed by atoms with E-state index >= 15 is 0 Å². The van der Waals surface area contributed by atoms with Crippen LogP contribution in [-0.2, 0) is 9.53 Å². The molecule has 1 heterocycles. The minimum absolute atomic E-state index is 0.141. The molecule has 4 nitrogen and oxygen atoms in total. The van der Waals surface area contributed by atoms with E-state index in [9.17, 15) is 4.79 Å². The van der Waals surface area contributed by atoms with Crippen molar-refractivity contribution in [1.82, 2.24) is 5.32 Å². The van der Waals surface area contributed by atoms with Crippen LogP contribution >= 0.6 is 0 Å². The molecule has 2 aliphatic rings. The lowest BCUT2D eigenvalue weighted by molar-refractivity contribution is -0.118. The van der Waals surface area contributed by atoms with Gasteiger partial charge in [-0.3, -0.25) is 4.79 Å². The Bertz CT molecular complexity index is 275. The van der Waals surface area contributed by atoms with Gasteiger partial charge in [-0.2, -0.15) is 0 Å². The van der Waals surface area contributed by atoms with Crippen LogP contribution in [0.25, 0.3) is 0 Å². The molecule has 2 fully saturated rings. The summed E-state index contributed by atoms with van der Waals surface area (Å²) in [6.07, 6.45) is 7.56. The quantitative estimate of drug-likeness (QED) is 0.779. The Kier molecular flexibility index (Phi) is 4.05.